The molecule has 1 rings (SSSR count). The van der Waals surface area contributed by atoms with E-state index in [1.54, 1.807) is 6.07 Å². The lowest BCUT2D eigenvalue weighted by atomic mass is 10.3. The average Bonchev–Trinajstić information content (AvgIpc) is 2.19. The van der Waals surface area contributed by atoms with E-state index in [1.165, 1.54) is 12.3 Å². The van der Waals surface area contributed by atoms with Crippen molar-refractivity contribution in [2.45, 2.75) is 6.42 Å². The maximum atomic E-state index is 11.7. The van der Waals surface area contributed by atoms with E-state index in [2.05, 4.69) is 4.98 Å². The van der Waals surface area contributed by atoms with E-state index in [0.717, 1.165) is 0 Å². The van der Waals surface area contributed by atoms with Crippen molar-refractivity contribution in [2.75, 3.05) is 19.0 Å². The lowest BCUT2D eigenvalue weighted by Gasteiger charge is -2.02. The van der Waals surface area contributed by atoms with Crippen LogP contribution in [0.25, 0.3) is 0 Å². The second-order valence-corrected chi connectivity index (χ2v) is 2.66. The van der Waals surface area contributed by atoms with Gasteiger partial charge in [-0.3, -0.25) is 4.39 Å². The first-order valence-corrected chi connectivity index (χ1v) is 4.18. The van der Waals surface area contributed by atoms with Gasteiger partial charge < -0.3 is 10.5 Å². The van der Waals surface area contributed by atoms with Gasteiger partial charge in [-0.2, -0.15) is 0 Å². The smallest absolute Gasteiger partial charge is 0.356 e. The second-order valence-electron chi connectivity index (χ2n) is 2.66. The van der Waals surface area contributed by atoms with Crippen LogP contribution >= 0.6 is 0 Å². The van der Waals surface area contributed by atoms with Crippen molar-refractivity contribution >= 4 is 11.7 Å². The fourth-order valence-corrected chi connectivity index (χ4v) is 0.819. The van der Waals surface area contributed by atoms with Crippen LogP contribution in [0.2, 0.25) is 0 Å². The summed E-state index contributed by atoms with van der Waals surface area (Å²) in [6.07, 6.45) is 1.58. The zero-order valence-electron chi connectivity index (χ0n) is 7.57. The molecular formula is C9H11FN2O2. The van der Waals surface area contributed by atoms with Gasteiger partial charge in [0.2, 0.25) is 0 Å². The molecule has 4 nitrogen and oxygen atoms in total. The number of pyridine rings is 1. The Bertz CT molecular complexity index is 300. The first-order chi connectivity index (χ1) is 6.74. The Balaban J connectivity index is 2.48. The lowest BCUT2D eigenvalue weighted by Crippen LogP contribution is -2.08. The summed E-state index contributed by atoms with van der Waals surface area (Å²) in [5, 5.41) is 0. The minimum atomic E-state index is -0.557. The van der Waals surface area contributed by atoms with Crippen LogP contribution in [0, 0.1) is 0 Å². The molecule has 0 amide bonds. The number of rotatable bonds is 4. The Labute approximate surface area is 80.9 Å². The molecule has 0 atom stereocenters. The van der Waals surface area contributed by atoms with Crippen molar-refractivity contribution in [1.82, 2.24) is 4.98 Å². The van der Waals surface area contributed by atoms with Gasteiger partial charge in [-0.1, -0.05) is 0 Å². The Morgan fingerprint density at radius 1 is 1.57 bits per heavy atom. The molecule has 0 saturated heterocycles. The summed E-state index contributed by atoms with van der Waals surface area (Å²) in [5.41, 5.74) is 6.04. The number of halogens is 1. The number of carbonyl (C=O) groups excluding carboxylic acids is 1. The van der Waals surface area contributed by atoms with Crippen molar-refractivity contribution in [3.8, 4) is 0 Å². The highest BCUT2D eigenvalue weighted by atomic mass is 19.1. The first kappa shape index (κ1) is 10.4. The number of carbonyl (C=O) groups is 1. The monoisotopic (exact) mass is 198 g/mol. The SMILES string of the molecule is Nc1ccc(C(=O)OCCCF)nc1. The van der Waals surface area contributed by atoms with Crippen molar-refractivity contribution in [3.63, 3.8) is 0 Å². The van der Waals surface area contributed by atoms with Crippen LogP contribution in [0.1, 0.15) is 16.9 Å². The van der Waals surface area contributed by atoms with Gasteiger partial charge in [0, 0.05) is 6.42 Å². The standard InChI is InChI=1S/C9H11FN2O2/c10-4-1-5-14-9(13)8-3-2-7(11)6-12-8/h2-3,6H,1,4-5,11H2. The number of aromatic nitrogens is 1. The summed E-state index contributed by atoms with van der Waals surface area (Å²) in [6, 6.07) is 3.02. The third-order valence-corrected chi connectivity index (χ3v) is 1.51. The Hall–Kier alpha value is -1.65. The number of hydrogen-bond donors (Lipinski definition) is 1. The molecule has 0 saturated carbocycles. The van der Waals surface area contributed by atoms with Crippen LogP contribution in [0.4, 0.5) is 10.1 Å². The molecule has 0 aliphatic heterocycles. The van der Waals surface area contributed by atoms with Gasteiger partial charge in [0.25, 0.3) is 0 Å². The van der Waals surface area contributed by atoms with Gasteiger partial charge in [0.05, 0.1) is 25.2 Å². The van der Waals surface area contributed by atoms with E-state index < -0.39 is 12.6 Å². The average molecular weight is 198 g/mol. The number of anilines is 1. The molecule has 0 aliphatic rings. The molecule has 1 aromatic rings. The summed E-state index contributed by atoms with van der Waals surface area (Å²) >= 11 is 0. The molecule has 14 heavy (non-hydrogen) atoms. The highest BCUT2D eigenvalue weighted by Gasteiger charge is 2.07. The van der Waals surface area contributed by atoms with Crippen molar-refractivity contribution in [2.24, 2.45) is 0 Å². The molecule has 0 fully saturated rings. The Morgan fingerprint density at radius 3 is 2.93 bits per heavy atom. The summed E-state index contributed by atoms with van der Waals surface area (Å²) in [4.78, 5) is 14.9. The molecule has 1 heterocycles. The van der Waals surface area contributed by atoms with Crippen LogP contribution in [-0.2, 0) is 4.74 Å². The maximum Gasteiger partial charge on any atom is 0.356 e. The highest BCUT2D eigenvalue weighted by Crippen LogP contribution is 2.02. The second kappa shape index (κ2) is 5.16. The molecule has 2 N–H and O–H groups in total. The van der Waals surface area contributed by atoms with Gasteiger partial charge in [-0.15, -0.1) is 0 Å². The van der Waals surface area contributed by atoms with Crippen LogP contribution in [0.5, 0.6) is 0 Å². The molecule has 0 spiro atoms. The minimum Gasteiger partial charge on any atom is -0.461 e. The van der Waals surface area contributed by atoms with E-state index in [4.69, 9.17) is 10.5 Å². The molecule has 0 aliphatic carbocycles. The van der Waals surface area contributed by atoms with E-state index in [1.807, 2.05) is 0 Å². The van der Waals surface area contributed by atoms with Gasteiger partial charge in [-0.25, -0.2) is 9.78 Å². The van der Waals surface area contributed by atoms with E-state index >= 15 is 0 Å². The summed E-state index contributed by atoms with van der Waals surface area (Å²) in [7, 11) is 0. The minimum absolute atomic E-state index is 0.0708. The fraction of sp³-hybridized carbons (Fsp3) is 0.333. The van der Waals surface area contributed by atoms with Gasteiger partial charge in [-0.05, 0) is 12.1 Å². The highest BCUT2D eigenvalue weighted by molar-refractivity contribution is 5.87. The summed E-state index contributed by atoms with van der Waals surface area (Å²) < 4.78 is 16.4. The molecule has 1 aromatic heterocycles. The molecule has 5 heteroatoms. The molecule has 0 aromatic carbocycles. The third-order valence-electron chi connectivity index (χ3n) is 1.51. The predicted octanol–water partition coefficient (Wildman–Crippen LogP) is 1.18. The van der Waals surface area contributed by atoms with Crippen molar-refractivity contribution < 1.29 is 13.9 Å². The largest absolute Gasteiger partial charge is 0.461 e. The van der Waals surface area contributed by atoms with E-state index in [-0.39, 0.29) is 18.7 Å². The molecule has 0 bridgehead atoms. The Kier molecular flexibility index (Phi) is 3.84. The fourth-order valence-electron chi connectivity index (χ4n) is 0.819. The number of nitrogens with two attached hydrogens (primary N) is 1. The number of hydrogen-bond acceptors (Lipinski definition) is 4. The summed E-state index contributed by atoms with van der Waals surface area (Å²) in [5.74, 6) is -0.557. The predicted molar refractivity (Wildman–Crippen MR) is 49.5 cm³/mol. The number of nitrogen functional groups attached to an aromatic ring is 1. The van der Waals surface area contributed by atoms with E-state index in [0.29, 0.717) is 5.69 Å². The van der Waals surface area contributed by atoms with Gasteiger partial charge in [0.15, 0.2) is 0 Å². The number of ether oxygens (including phenoxy) is 1. The normalized spacial score (nSPS) is 9.79. The zero-order valence-corrected chi connectivity index (χ0v) is 7.57. The van der Waals surface area contributed by atoms with Crippen molar-refractivity contribution in [1.29, 1.82) is 0 Å². The lowest BCUT2D eigenvalue weighted by molar-refractivity contribution is 0.0487. The molecule has 76 valence electrons. The first-order valence-electron chi connectivity index (χ1n) is 4.18. The Morgan fingerprint density at radius 2 is 2.36 bits per heavy atom. The topological polar surface area (TPSA) is 65.2 Å². The number of esters is 1. The summed E-state index contributed by atoms with van der Waals surface area (Å²) in [6.45, 7) is -0.427. The van der Waals surface area contributed by atoms with E-state index in [9.17, 15) is 9.18 Å². The molecule has 0 unspecified atom stereocenters. The number of alkyl halides is 1. The van der Waals surface area contributed by atoms with Crippen molar-refractivity contribution in [3.05, 3.63) is 24.0 Å². The van der Waals surface area contributed by atoms with Crippen LogP contribution < -0.4 is 5.73 Å². The quantitative estimate of drug-likeness (QED) is 0.582. The third kappa shape index (κ3) is 3.01. The van der Waals surface area contributed by atoms with Gasteiger partial charge in [0.1, 0.15) is 5.69 Å². The van der Waals surface area contributed by atoms with Crippen LogP contribution in [-0.4, -0.2) is 24.2 Å². The molecular weight excluding hydrogens is 187 g/mol. The van der Waals surface area contributed by atoms with Gasteiger partial charge >= 0.3 is 5.97 Å². The number of nitrogens with zero attached hydrogens (tertiary/aromatic N) is 1. The zero-order chi connectivity index (χ0) is 10.4. The van der Waals surface area contributed by atoms with Crippen LogP contribution in [0.15, 0.2) is 18.3 Å². The molecule has 0 radical (unpaired) electrons. The maximum absolute atomic E-state index is 11.7. The van der Waals surface area contributed by atoms with Crippen LogP contribution in [0.3, 0.4) is 0 Å².